The van der Waals surface area contributed by atoms with Gasteiger partial charge in [-0.1, -0.05) is 19.1 Å². The molecule has 22 heavy (non-hydrogen) atoms. The van der Waals surface area contributed by atoms with E-state index >= 15 is 0 Å². The number of ether oxygens (including phenoxy) is 1. The van der Waals surface area contributed by atoms with Crippen LogP contribution in [-0.4, -0.2) is 5.78 Å². The first-order valence-corrected chi connectivity index (χ1v) is 7.10. The standard InChI is InChI=1S/C17H15FN2O2/c1-9-6-13(21)16-14(7-9)22-17(20)12(8-19)15(16)10-2-4-11(18)5-3-10/h2-5,9,15H,6-7,20H2,1H3. The van der Waals surface area contributed by atoms with Crippen LogP contribution in [0.3, 0.4) is 0 Å². The van der Waals surface area contributed by atoms with Crippen LogP contribution in [0.4, 0.5) is 4.39 Å². The molecule has 1 aromatic rings. The molecule has 2 aliphatic rings. The molecule has 0 saturated heterocycles. The molecular formula is C17H15FN2O2. The molecule has 1 aliphatic heterocycles. The van der Waals surface area contributed by atoms with Gasteiger partial charge in [0.1, 0.15) is 23.2 Å². The summed E-state index contributed by atoms with van der Waals surface area (Å²) < 4.78 is 18.7. The van der Waals surface area contributed by atoms with Gasteiger partial charge >= 0.3 is 0 Å². The second kappa shape index (κ2) is 5.30. The maximum absolute atomic E-state index is 13.2. The minimum atomic E-state index is -0.575. The van der Waals surface area contributed by atoms with Crippen LogP contribution in [0.15, 0.2) is 47.1 Å². The van der Waals surface area contributed by atoms with E-state index in [1.807, 2.05) is 13.0 Å². The van der Waals surface area contributed by atoms with Crippen molar-refractivity contribution in [3.05, 3.63) is 58.4 Å². The Morgan fingerprint density at radius 3 is 2.64 bits per heavy atom. The Bertz CT molecular complexity index is 741. The molecule has 0 saturated carbocycles. The highest BCUT2D eigenvalue weighted by Crippen LogP contribution is 2.44. The van der Waals surface area contributed by atoms with Gasteiger partial charge in [0, 0.05) is 18.4 Å². The van der Waals surface area contributed by atoms with Gasteiger partial charge in [-0.2, -0.15) is 5.26 Å². The van der Waals surface area contributed by atoms with Crippen LogP contribution in [0.1, 0.15) is 31.2 Å². The van der Waals surface area contributed by atoms with Gasteiger partial charge in [-0.3, -0.25) is 4.79 Å². The van der Waals surface area contributed by atoms with Crippen molar-refractivity contribution in [2.45, 2.75) is 25.7 Å². The number of ketones is 1. The number of hydrogen-bond donors (Lipinski definition) is 1. The summed E-state index contributed by atoms with van der Waals surface area (Å²) in [6, 6.07) is 7.81. The molecule has 2 unspecified atom stereocenters. The zero-order valence-corrected chi connectivity index (χ0v) is 12.1. The number of allylic oxidation sites excluding steroid dienone is 3. The van der Waals surface area contributed by atoms with Crippen LogP contribution >= 0.6 is 0 Å². The van der Waals surface area contributed by atoms with Crippen molar-refractivity contribution in [3.8, 4) is 6.07 Å². The Balaban J connectivity index is 2.16. The predicted octanol–water partition coefficient (Wildman–Crippen LogP) is 2.89. The normalized spacial score (nSPS) is 24.7. The van der Waals surface area contributed by atoms with Gasteiger partial charge in [0.25, 0.3) is 0 Å². The van der Waals surface area contributed by atoms with Crippen molar-refractivity contribution < 1.29 is 13.9 Å². The van der Waals surface area contributed by atoms with E-state index in [0.717, 1.165) is 0 Å². The molecule has 4 nitrogen and oxygen atoms in total. The van der Waals surface area contributed by atoms with Crippen molar-refractivity contribution in [1.29, 1.82) is 5.26 Å². The smallest absolute Gasteiger partial charge is 0.205 e. The number of halogens is 1. The van der Waals surface area contributed by atoms with E-state index in [2.05, 4.69) is 0 Å². The number of rotatable bonds is 1. The fraction of sp³-hybridized carbons (Fsp3) is 0.294. The van der Waals surface area contributed by atoms with Crippen LogP contribution in [0, 0.1) is 23.1 Å². The van der Waals surface area contributed by atoms with Gasteiger partial charge in [-0.25, -0.2) is 4.39 Å². The summed E-state index contributed by atoms with van der Waals surface area (Å²) in [7, 11) is 0. The van der Waals surface area contributed by atoms with E-state index in [9.17, 15) is 14.4 Å². The van der Waals surface area contributed by atoms with Crippen molar-refractivity contribution >= 4 is 5.78 Å². The minimum absolute atomic E-state index is 0.0254. The molecule has 112 valence electrons. The van der Waals surface area contributed by atoms with Crippen molar-refractivity contribution in [3.63, 3.8) is 0 Å². The first kappa shape index (κ1) is 14.3. The Morgan fingerprint density at radius 2 is 2.00 bits per heavy atom. The zero-order chi connectivity index (χ0) is 15.9. The number of nitrogens with two attached hydrogens (primary N) is 1. The van der Waals surface area contributed by atoms with Gasteiger partial charge in [0.15, 0.2) is 5.78 Å². The van der Waals surface area contributed by atoms with E-state index in [4.69, 9.17) is 10.5 Å². The predicted molar refractivity (Wildman–Crippen MR) is 77.5 cm³/mol. The number of carbonyl (C=O) groups is 1. The molecule has 1 aromatic carbocycles. The summed E-state index contributed by atoms with van der Waals surface area (Å²) in [5.41, 5.74) is 7.21. The average molecular weight is 298 g/mol. The summed E-state index contributed by atoms with van der Waals surface area (Å²) in [4.78, 5) is 12.5. The Labute approximate surface area is 127 Å². The lowest BCUT2D eigenvalue weighted by Crippen LogP contribution is -2.29. The Hall–Kier alpha value is -2.61. The van der Waals surface area contributed by atoms with Gasteiger partial charge < -0.3 is 10.5 Å². The highest BCUT2D eigenvalue weighted by Gasteiger charge is 2.39. The minimum Gasteiger partial charge on any atom is -0.444 e. The summed E-state index contributed by atoms with van der Waals surface area (Å²) in [5.74, 6) is -0.245. The van der Waals surface area contributed by atoms with Crippen molar-refractivity contribution in [2.75, 3.05) is 0 Å². The van der Waals surface area contributed by atoms with Crippen molar-refractivity contribution in [1.82, 2.24) is 0 Å². The molecule has 2 atom stereocenters. The number of Topliss-reactive ketones (excluding diaryl/α,β-unsaturated/α-hetero) is 1. The maximum Gasteiger partial charge on any atom is 0.205 e. The third kappa shape index (κ3) is 2.27. The molecule has 0 bridgehead atoms. The summed E-state index contributed by atoms with van der Waals surface area (Å²) in [6.45, 7) is 1.97. The first-order chi connectivity index (χ1) is 10.5. The van der Waals surface area contributed by atoms with E-state index in [-0.39, 0.29) is 29.0 Å². The van der Waals surface area contributed by atoms with Crippen LogP contribution in [0.25, 0.3) is 0 Å². The number of carbonyl (C=O) groups excluding carboxylic acids is 1. The highest BCUT2D eigenvalue weighted by molar-refractivity contribution is 5.99. The third-order valence-corrected chi connectivity index (χ3v) is 4.07. The monoisotopic (exact) mass is 298 g/mol. The molecule has 0 radical (unpaired) electrons. The molecular weight excluding hydrogens is 283 g/mol. The van der Waals surface area contributed by atoms with E-state index in [1.165, 1.54) is 12.1 Å². The maximum atomic E-state index is 13.2. The topological polar surface area (TPSA) is 76.1 Å². The lowest BCUT2D eigenvalue weighted by molar-refractivity contribution is -0.117. The van der Waals surface area contributed by atoms with Crippen LogP contribution < -0.4 is 5.73 Å². The summed E-state index contributed by atoms with van der Waals surface area (Å²) >= 11 is 0. The molecule has 0 fully saturated rings. The molecule has 2 N–H and O–H groups in total. The van der Waals surface area contributed by atoms with Crippen LogP contribution in [-0.2, 0) is 9.53 Å². The van der Waals surface area contributed by atoms with E-state index in [1.54, 1.807) is 12.1 Å². The molecule has 5 heteroatoms. The number of benzene rings is 1. The quantitative estimate of drug-likeness (QED) is 0.865. The van der Waals surface area contributed by atoms with E-state index < -0.39 is 5.92 Å². The Kier molecular flexibility index (Phi) is 3.45. The van der Waals surface area contributed by atoms with Crippen LogP contribution in [0.2, 0.25) is 0 Å². The summed E-state index contributed by atoms with van der Waals surface area (Å²) in [5, 5.41) is 9.40. The number of nitriles is 1. The number of nitrogens with zero attached hydrogens (tertiary/aromatic N) is 1. The second-order valence-corrected chi connectivity index (χ2v) is 5.75. The van der Waals surface area contributed by atoms with Crippen molar-refractivity contribution in [2.24, 2.45) is 11.7 Å². The van der Waals surface area contributed by atoms with Gasteiger partial charge in [-0.15, -0.1) is 0 Å². The van der Waals surface area contributed by atoms with Gasteiger partial charge in [-0.05, 0) is 23.6 Å². The van der Waals surface area contributed by atoms with E-state index in [0.29, 0.717) is 29.7 Å². The van der Waals surface area contributed by atoms with Gasteiger partial charge in [0.05, 0.1) is 5.92 Å². The lowest BCUT2D eigenvalue weighted by Gasteiger charge is -2.32. The van der Waals surface area contributed by atoms with Gasteiger partial charge in [0.2, 0.25) is 5.88 Å². The molecule has 0 aromatic heterocycles. The fourth-order valence-electron chi connectivity index (χ4n) is 3.08. The first-order valence-electron chi connectivity index (χ1n) is 7.10. The Morgan fingerprint density at radius 1 is 1.32 bits per heavy atom. The zero-order valence-electron chi connectivity index (χ0n) is 12.1. The molecule has 1 aliphatic carbocycles. The summed E-state index contributed by atoms with van der Waals surface area (Å²) in [6.07, 6.45) is 1.02. The lowest BCUT2D eigenvalue weighted by atomic mass is 9.75. The largest absolute Gasteiger partial charge is 0.444 e. The second-order valence-electron chi connectivity index (χ2n) is 5.75. The average Bonchev–Trinajstić information content (AvgIpc) is 2.46. The SMILES string of the molecule is CC1CC(=O)C2=C(C1)OC(N)=C(C#N)C2c1ccc(F)cc1. The molecule has 0 amide bonds. The fourth-order valence-corrected chi connectivity index (χ4v) is 3.08. The molecule has 0 spiro atoms. The third-order valence-electron chi connectivity index (χ3n) is 4.07. The highest BCUT2D eigenvalue weighted by atomic mass is 19.1. The number of hydrogen-bond acceptors (Lipinski definition) is 4. The van der Waals surface area contributed by atoms with Crippen LogP contribution in [0.5, 0.6) is 0 Å². The molecule has 1 heterocycles. The molecule has 3 rings (SSSR count).